The average Bonchev–Trinajstić information content (AvgIpc) is 3.26. The van der Waals surface area contributed by atoms with Crippen LogP contribution >= 0.6 is 0 Å². The van der Waals surface area contributed by atoms with Crippen molar-refractivity contribution in [1.29, 1.82) is 0 Å². The van der Waals surface area contributed by atoms with Crippen LogP contribution < -0.4 is 4.90 Å². The molecule has 132 valence electrons. The molecule has 4 rings (SSSR count). The van der Waals surface area contributed by atoms with Gasteiger partial charge in [0, 0.05) is 38.0 Å². The number of carbonyl (C=O) groups is 1. The van der Waals surface area contributed by atoms with Crippen LogP contribution in [0.1, 0.15) is 36.6 Å². The molecular weight excluding hydrogens is 316 g/mol. The lowest BCUT2D eigenvalue weighted by Gasteiger charge is -2.37. The molecule has 1 saturated carbocycles. The maximum atomic E-state index is 12.7. The van der Waals surface area contributed by atoms with Crippen LogP contribution in [0.15, 0.2) is 34.9 Å². The van der Waals surface area contributed by atoms with E-state index in [-0.39, 0.29) is 17.7 Å². The van der Waals surface area contributed by atoms with Crippen LogP contribution in [0.25, 0.3) is 0 Å². The molecule has 1 saturated heterocycles. The summed E-state index contributed by atoms with van der Waals surface area (Å²) in [6, 6.07) is 8.27. The standard InChI is InChI=1S/C19H24N4O2/c1-13-5-6-18(21-20-13)22(2)14-7-9-23(10-8-14)19(24)16-12-15(16)17-4-3-11-25-17/h3-6,11,14-16H,7-10,12H2,1-2H3/t15-,16+/m0/s1. The normalized spacial score (nSPS) is 23.5. The maximum Gasteiger partial charge on any atom is 0.226 e. The number of aromatic nitrogens is 2. The Labute approximate surface area is 147 Å². The van der Waals surface area contributed by atoms with Crippen molar-refractivity contribution < 1.29 is 9.21 Å². The van der Waals surface area contributed by atoms with Crippen LogP contribution in [0.5, 0.6) is 0 Å². The van der Waals surface area contributed by atoms with E-state index in [0.29, 0.717) is 6.04 Å². The molecule has 2 aliphatic rings. The molecule has 2 fully saturated rings. The highest BCUT2D eigenvalue weighted by molar-refractivity contribution is 5.83. The predicted molar refractivity (Wildman–Crippen MR) is 94.3 cm³/mol. The molecule has 6 heteroatoms. The van der Waals surface area contributed by atoms with Gasteiger partial charge in [-0.1, -0.05) is 0 Å². The van der Waals surface area contributed by atoms with Gasteiger partial charge in [0.05, 0.1) is 12.0 Å². The van der Waals surface area contributed by atoms with E-state index in [4.69, 9.17) is 4.42 Å². The average molecular weight is 340 g/mol. The van der Waals surface area contributed by atoms with E-state index in [9.17, 15) is 4.79 Å². The van der Waals surface area contributed by atoms with Gasteiger partial charge in [-0.2, -0.15) is 5.10 Å². The first-order valence-electron chi connectivity index (χ1n) is 8.99. The lowest BCUT2D eigenvalue weighted by Crippen LogP contribution is -2.46. The summed E-state index contributed by atoms with van der Waals surface area (Å²) in [5, 5.41) is 8.41. The summed E-state index contributed by atoms with van der Waals surface area (Å²) < 4.78 is 5.44. The van der Waals surface area contributed by atoms with Gasteiger partial charge in [0.15, 0.2) is 5.82 Å². The number of piperidine rings is 1. The van der Waals surface area contributed by atoms with Crippen molar-refractivity contribution >= 4 is 11.7 Å². The van der Waals surface area contributed by atoms with Gasteiger partial charge in [0.2, 0.25) is 5.91 Å². The van der Waals surface area contributed by atoms with E-state index in [2.05, 4.69) is 22.1 Å². The van der Waals surface area contributed by atoms with Crippen LogP contribution in [0.4, 0.5) is 5.82 Å². The fraction of sp³-hybridized carbons (Fsp3) is 0.526. The number of anilines is 1. The van der Waals surface area contributed by atoms with Crippen molar-refractivity contribution in [3.05, 3.63) is 42.0 Å². The van der Waals surface area contributed by atoms with Crippen LogP contribution in [0, 0.1) is 12.8 Å². The summed E-state index contributed by atoms with van der Waals surface area (Å²) >= 11 is 0. The summed E-state index contributed by atoms with van der Waals surface area (Å²) in [6.07, 6.45) is 4.54. The van der Waals surface area contributed by atoms with Crippen molar-refractivity contribution in [3.63, 3.8) is 0 Å². The zero-order valence-corrected chi connectivity index (χ0v) is 14.8. The Morgan fingerprint density at radius 1 is 1.24 bits per heavy atom. The number of amides is 1. The lowest BCUT2D eigenvalue weighted by atomic mass is 10.0. The number of nitrogens with zero attached hydrogens (tertiary/aromatic N) is 4. The third-order valence-corrected chi connectivity index (χ3v) is 5.49. The molecule has 0 radical (unpaired) electrons. The Hall–Kier alpha value is -2.37. The van der Waals surface area contributed by atoms with Crippen LogP contribution in [0.3, 0.4) is 0 Å². The largest absolute Gasteiger partial charge is 0.469 e. The SMILES string of the molecule is Cc1ccc(N(C)C2CCN(C(=O)[C@@H]3C[C@@H]3c3ccco3)CC2)nn1. The van der Waals surface area contributed by atoms with Gasteiger partial charge in [-0.05, 0) is 50.5 Å². The van der Waals surface area contributed by atoms with Gasteiger partial charge in [-0.15, -0.1) is 5.10 Å². The first-order chi connectivity index (χ1) is 12.1. The third kappa shape index (κ3) is 3.25. The second-order valence-corrected chi connectivity index (χ2v) is 7.16. The van der Waals surface area contributed by atoms with Gasteiger partial charge in [-0.25, -0.2) is 0 Å². The number of likely N-dealkylation sites (tertiary alicyclic amines) is 1. The Kier molecular flexibility index (Phi) is 4.19. The minimum absolute atomic E-state index is 0.114. The molecule has 3 heterocycles. The molecule has 0 spiro atoms. The second-order valence-electron chi connectivity index (χ2n) is 7.16. The molecule has 1 aliphatic carbocycles. The summed E-state index contributed by atoms with van der Waals surface area (Å²) in [5.74, 6) is 2.54. The first-order valence-corrected chi connectivity index (χ1v) is 8.99. The molecule has 6 nitrogen and oxygen atoms in total. The second kappa shape index (κ2) is 6.50. The maximum absolute atomic E-state index is 12.7. The quantitative estimate of drug-likeness (QED) is 0.856. The van der Waals surface area contributed by atoms with Crippen LogP contribution in [-0.2, 0) is 4.79 Å². The lowest BCUT2D eigenvalue weighted by molar-refractivity contribution is -0.133. The van der Waals surface area contributed by atoms with Crippen molar-refractivity contribution in [3.8, 4) is 0 Å². The first kappa shape index (κ1) is 16.1. The highest BCUT2D eigenvalue weighted by atomic mass is 16.3. The molecule has 2 aromatic heterocycles. The molecule has 0 N–H and O–H groups in total. The molecule has 0 unspecified atom stereocenters. The predicted octanol–water partition coefficient (Wildman–Crippen LogP) is 2.61. The Balaban J connectivity index is 1.31. The van der Waals surface area contributed by atoms with E-state index < -0.39 is 0 Å². The van der Waals surface area contributed by atoms with Gasteiger partial charge in [0.25, 0.3) is 0 Å². The van der Waals surface area contributed by atoms with Gasteiger partial charge in [-0.3, -0.25) is 4.79 Å². The van der Waals surface area contributed by atoms with E-state index in [0.717, 1.165) is 49.6 Å². The zero-order valence-electron chi connectivity index (χ0n) is 14.8. The molecule has 0 bridgehead atoms. The number of carbonyl (C=O) groups excluding carboxylic acids is 1. The third-order valence-electron chi connectivity index (χ3n) is 5.49. The van der Waals surface area contributed by atoms with E-state index in [1.54, 1.807) is 6.26 Å². The molecule has 2 atom stereocenters. The Bertz CT molecular complexity index is 720. The van der Waals surface area contributed by atoms with E-state index in [1.807, 2.05) is 36.1 Å². The molecule has 1 aliphatic heterocycles. The number of hydrogen-bond donors (Lipinski definition) is 0. The number of hydrogen-bond acceptors (Lipinski definition) is 5. The summed E-state index contributed by atoms with van der Waals surface area (Å²) in [7, 11) is 2.06. The van der Waals surface area contributed by atoms with Crippen LogP contribution in [0.2, 0.25) is 0 Å². The Morgan fingerprint density at radius 2 is 2.04 bits per heavy atom. The van der Waals surface area contributed by atoms with Gasteiger partial charge < -0.3 is 14.2 Å². The molecular formula is C19H24N4O2. The summed E-state index contributed by atoms with van der Waals surface area (Å²) in [4.78, 5) is 16.9. The van der Waals surface area contributed by atoms with Crippen molar-refractivity contribution in [2.45, 2.75) is 38.1 Å². The Morgan fingerprint density at radius 3 is 2.68 bits per heavy atom. The monoisotopic (exact) mass is 340 g/mol. The fourth-order valence-electron chi connectivity index (χ4n) is 3.76. The van der Waals surface area contributed by atoms with Gasteiger partial charge >= 0.3 is 0 Å². The molecule has 1 amide bonds. The highest BCUT2D eigenvalue weighted by Gasteiger charge is 2.47. The van der Waals surface area contributed by atoms with Crippen molar-refractivity contribution in [2.24, 2.45) is 5.92 Å². The molecule has 2 aromatic rings. The summed E-state index contributed by atoms with van der Waals surface area (Å²) in [6.45, 7) is 3.57. The minimum atomic E-state index is 0.114. The molecule has 25 heavy (non-hydrogen) atoms. The number of aryl methyl sites for hydroxylation is 1. The topological polar surface area (TPSA) is 62.5 Å². The number of rotatable bonds is 4. The zero-order chi connectivity index (χ0) is 17.4. The highest BCUT2D eigenvalue weighted by Crippen LogP contribution is 2.48. The minimum Gasteiger partial charge on any atom is -0.469 e. The van der Waals surface area contributed by atoms with Crippen molar-refractivity contribution in [1.82, 2.24) is 15.1 Å². The summed E-state index contributed by atoms with van der Waals surface area (Å²) in [5.41, 5.74) is 0.924. The number of furan rings is 1. The van der Waals surface area contributed by atoms with Crippen LogP contribution in [-0.4, -0.2) is 47.2 Å². The molecule has 0 aromatic carbocycles. The fourth-order valence-corrected chi connectivity index (χ4v) is 3.76. The van der Waals surface area contributed by atoms with Crippen molar-refractivity contribution in [2.75, 3.05) is 25.0 Å². The van der Waals surface area contributed by atoms with E-state index >= 15 is 0 Å². The van der Waals surface area contributed by atoms with Gasteiger partial charge in [0.1, 0.15) is 5.76 Å². The smallest absolute Gasteiger partial charge is 0.226 e. The van der Waals surface area contributed by atoms with E-state index in [1.165, 1.54) is 0 Å².